The molecule has 10 atom stereocenters. The van der Waals surface area contributed by atoms with Crippen LogP contribution in [-0.2, 0) is 17.6 Å². The Balaban J connectivity index is 1.45. The Morgan fingerprint density at radius 3 is 2.60 bits per heavy atom. The second-order valence-electron chi connectivity index (χ2n) is 16.0. The van der Waals surface area contributed by atoms with E-state index in [4.69, 9.17) is 0 Å². The molecule has 2 saturated carbocycles. The second kappa shape index (κ2) is 17.5. The summed E-state index contributed by atoms with van der Waals surface area (Å²) in [5.74, 6) is -0.895. The molecule has 1 aromatic carbocycles. The van der Waals surface area contributed by atoms with Gasteiger partial charge in [0.15, 0.2) is 0 Å². The lowest BCUT2D eigenvalue weighted by atomic mass is 9.45. The average Bonchev–Trinajstić information content (AvgIpc) is 3.47. The summed E-state index contributed by atoms with van der Waals surface area (Å²) in [6.07, 6.45) is 16.0. The number of fused-ring (bicyclic) bond motifs is 5. The fourth-order valence-electron chi connectivity index (χ4n) is 10.1. The molecule has 7 N–H and O–H groups in total. The Labute approximate surface area is 310 Å². The zero-order chi connectivity index (χ0) is 37.6. The largest absolute Gasteiger partial charge is 0.396 e. The Kier molecular flexibility index (Phi) is 13.5. The molecule has 1 aromatic rings. The van der Waals surface area contributed by atoms with Crippen LogP contribution in [-0.4, -0.2) is 82.6 Å². The van der Waals surface area contributed by atoms with Gasteiger partial charge in [-0.05, 0) is 131 Å². The molecule has 3 aliphatic carbocycles. The number of hydrogen-bond donors (Lipinski definition) is 7. The molecular weight excluding hydrogens is 652 g/mol. The van der Waals surface area contributed by atoms with Crippen molar-refractivity contribution in [3.05, 3.63) is 106 Å². The molecule has 0 radical (unpaired) electrons. The summed E-state index contributed by atoms with van der Waals surface area (Å²) in [5, 5.41) is 63.4. The summed E-state index contributed by atoms with van der Waals surface area (Å²) in [4.78, 5) is 12.3. The van der Waals surface area contributed by atoms with Crippen LogP contribution in [0.4, 0.5) is 0 Å². The number of benzene rings is 1. The first-order valence-electron chi connectivity index (χ1n) is 19.3. The van der Waals surface area contributed by atoms with Crippen molar-refractivity contribution < 1.29 is 30.3 Å². The van der Waals surface area contributed by atoms with E-state index in [1.54, 1.807) is 0 Å². The highest BCUT2D eigenvalue weighted by atomic mass is 16.3. The molecule has 1 heterocycles. The van der Waals surface area contributed by atoms with Crippen LogP contribution < -0.4 is 10.6 Å². The van der Waals surface area contributed by atoms with E-state index in [2.05, 4.69) is 66.6 Å². The molecule has 8 heteroatoms. The molecule has 5 rings (SSSR count). The third-order valence-corrected chi connectivity index (χ3v) is 12.8. The standard InChI is InChI=1S/C44H62N2O6/c1-28(35-13-12-29(2)42(51)46-31(4)22-32-9-7-10-33(23-32)24-35)8-6-11-37(27-49)38-16-18-44(41(38)50)40-34(17-21-47)14-15-36(39(40)30(3)26-48)25-43(44,52)19-20-45-5/h6-12,14-15,23,26,31,34-36,38,40-42,45-47,49-52H,1,13,16-22,24-25,27H2,2-5H3/b8-6+,29-12+,37-11-,39-30?/t31-,34-,35-,36-,38-,40-,41+,42+,43+,44+/m0/s1. The maximum absolute atomic E-state index is 12.7. The van der Waals surface area contributed by atoms with Crippen molar-refractivity contribution in [1.29, 1.82) is 0 Å². The lowest BCUT2D eigenvalue weighted by Gasteiger charge is -2.61. The number of carbonyl (C=O) groups excluding carboxylic acids is 1. The van der Waals surface area contributed by atoms with Crippen LogP contribution in [0.3, 0.4) is 0 Å². The summed E-state index contributed by atoms with van der Waals surface area (Å²) in [5.41, 5.74) is 4.36. The topological polar surface area (TPSA) is 142 Å². The summed E-state index contributed by atoms with van der Waals surface area (Å²) in [6.45, 7) is 10.6. The molecule has 284 valence electrons. The van der Waals surface area contributed by atoms with Crippen LogP contribution in [0.5, 0.6) is 0 Å². The monoisotopic (exact) mass is 714 g/mol. The number of hydrogen-bond acceptors (Lipinski definition) is 8. The molecule has 0 amide bonds. The Hall–Kier alpha value is -2.95. The predicted octanol–water partition coefficient (Wildman–Crippen LogP) is 4.88. The Bertz CT molecular complexity index is 1590. The molecule has 8 nitrogen and oxygen atoms in total. The number of nitrogens with one attached hydrogen (secondary N) is 2. The number of aliphatic hydroxyl groups is 5. The normalized spacial score (nSPS) is 37.3. The third-order valence-electron chi connectivity index (χ3n) is 12.8. The summed E-state index contributed by atoms with van der Waals surface area (Å²) < 4.78 is 0. The van der Waals surface area contributed by atoms with Crippen molar-refractivity contribution in [3.63, 3.8) is 0 Å². The molecule has 0 aromatic heterocycles. The Morgan fingerprint density at radius 2 is 1.90 bits per heavy atom. The number of aliphatic hydroxyl groups excluding tert-OH is 4. The average molecular weight is 715 g/mol. The van der Waals surface area contributed by atoms with Gasteiger partial charge in [-0.3, -0.25) is 10.1 Å². The van der Waals surface area contributed by atoms with Crippen molar-refractivity contribution in [2.45, 2.75) is 96.1 Å². The lowest BCUT2D eigenvalue weighted by Crippen LogP contribution is -2.65. The summed E-state index contributed by atoms with van der Waals surface area (Å²) in [6, 6.07) is 8.73. The minimum atomic E-state index is -1.23. The van der Waals surface area contributed by atoms with E-state index in [-0.39, 0.29) is 42.9 Å². The number of carbonyl (C=O) groups is 1. The molecule has 4 aliphatic rings. The molecule has 4 bridgehead atoms. The van der Waals surface area contributed by atoms with Crippen molar-refractivity contribution >= 4 is 6.29 Å². The van der Waals surface area contributed by atoms with E-state index < -0.39 is 29.3 Å². The number of rotatable bonds is 11. The van der Waals surface area contributed by atoms with Crippen molar-refractivity contribution in [2.75, 3.05) is 26.8 Å². The lowest BCUT2D eigenvalue weighted by molar-refractivity contribution is -0.194. The van der Waals surface area contributed by atoms with Gasteiger partial charge in [-0.2, -0.15) is 0 Å². The molecular formula is C44H62N2O6. The van der Waals surface area contributed by atoms with Gasteiger partial charge in [0, 0.05) is 29.9 Å². The van der Waals surface area contributed by atoms with Crippen molar-refractivity contribution in [3.8, 4) is 0 Å². The van der Waals surface area contributed by atoms with Gasteiger partial charge < -0.3 is 30.8 Å². The quantitative estimate of drug-likeness (QED) is 0.0745. The molecule has 1 aliphatic heterocycles. The van der Waals surface area contributed by atoms with Gasteiger partial charge in [-0.25, -0.2) is 0 Å². The van der Waals surface area contributed by atoms with Crippen LogP contribution in [0.1, 0.15) is 70.4 Å². The maximum atomic E-state index is 12.7. The van der Waals surface area contributed by atoms with Crippen LogP contribution in [0.25, 0.3) is 0 Å². The van der Waals surface area contributed by atoms with E-state index in [1.807, 2.05) is 39.1 Å². The van der Waals surface area contributed by atoms with Crippen LogP contribution in [0.2, 0.25) is 0 Å². The number of allylic oxidation sites excluding steroid dienone is 9. The smallest absolute Gasteiger partial charge is 0.145 e. The van der Waals surface area contributed by atoms with Crippen molar-refractivity contribution in [1.82, 2.24) is 10.6 Å². The van der Waals surface area contributed by atoms with E-state index in [9.17, 15) is 30.3 Å². The van der Waals surface area contributed by atoms with E-state index >= 15 is 0 Å². The first-order chi connectivity index (χ1) is 24.9. The highest BCUT2D eigenvalue weighted by molar-refractivity contribution is 5.74. The van der Waals surface area contributed by atoms with Crippen LogP contribution in [0, 0.1) is 35.0 Å². The van der Waals surface area contributed by atoms with Gasteiger partial charge in [0.25, 0.3) is 0 Å². The predicted molar refractivity (Wildman–Crippen MR) is 207 cm³/mol. The van der Waals surface area contributed by atoms with E-state index in [1.165, 1.54) is 11.1 Å². The van der Waals surface area contributed by atoms with Crippen LogP contribution in [0.15, 0.2) is 95.2 Å². The zero-order valence-corrected chi connectivity index (χ0v) is 31.6. The molecule has 0 saturated heterocycles. The SMILES string of the molecule is C=C(/C=C/C=C(/CO)[C@@H]1CC[C@]2([C@@H]1O)[C@@H]1C(=C(C)C=O)[C@@H](C=C[C@H]1CCO)C[C@]2(O)CCNC)[C@H]1C/C=C(\C)[C@@H](O)N[C@@H](C)Cc2cccc(c2)C1. The molecule has 0 unspecified atom stereocenters. The van der Waals surface area contributed by atoms with E-state index in [0.29, 0.717) is 56.2 Å². The van der Waals surface area contributed by atoms with E-state index in [0.717, 1.165) is 35.8 Å². The minimum absolute atomic E-state index is 0.0386. The van der Waals surface area contributed by atoms with Crippen molar-refractivity contribution in [2.24, 2.45) is 35.0 Å². The highest BCUT2D eigenvalue weighted by Crippen LogP contribution is 2.67. The van der Waals surface area contributed by atoms with Crippen LogP contribution >= 0.6 is 0 Å². The van der Waals surface area contributed by atoms with Gasteiger partial charge in [-0.15, -0.1) is 0 Å². The highest BCUT2D eigenvalue weighted by Gasteiger charge is 2.68. The van der Waals surface area contributed by atoms with Gasteiger partial charge in [0.2, 0.25) is 0 Å². The number of aldehydes is 1. The summed E-state index contributed by atoms with van der Waals surface area (Å²) in [7, 11) is 1.86. The second-order valence-corrected chi connectivity index (χ2v) is 16.0. The van der Waals surface area contributed by atoms with Gasteiger partial charge in [-0.1, -0.05) is 78.4 Å². The zero-order valence-electron chi connectivity index (χ0n) is 31.6. The molecule has 1 spiro atoms. The van der Waals surface area contributed by atoms with Gasteiger partial charge >= 0.3 is 0 Å². The molecule has 52 heavy (non-hydrogen) atoms. The van der Waals surface area contributed by atoms with Gasteiger partial charge in [0.1, 0.15) is 12.5 Å². The fourth-order valence-corrected chi connectivity index (χ4v) is 10.1. The van der Waals surface area contributed by atoms with Gasteiger partial charge in [0.05, 0.1) is 18.3 Å². The fraction of sp³-hybridized carbons (Fsp3) is 0.568. The molecule has 2 fully saturated rings. The Morgan fingerprint density at radius 1 is 1.15 bits per heavy atom. The minimum Gasteiger partial charge on any atom is -0.396 e. The summed E-state index contributed by atoms with van der Waals surface area (Å²) >= 11 is 0. The maximum Gasteiger partial charge on any atom is 0.145 e. The third kappa shape index (κ3) is 8.09. The first kappa shape index (κ1) is 40.2. The first-order valence-corrected chi connectivity index (χ1v) is 19.3.